The van der Waals surface area contributed by atoms with Crippen LogP contribution in [-0.4, -0.2) is 48.9 Å². The molecule has 0 aliphatic heterocycles. The number of fused-ring (bicyclic) bond motifs is 5. The van der Waals surface area contributed by atoms with Crippen molar-refractivity contribution in [2.75, 3.05) is 0 Å². The van der Waals surface area contributed by atoms with Gasteiger partial charge in [0.05, 0.1) is 15.2 Å². The summed E-state index contributed by atoms with van der Waals surface area (Å²) in [6, 6.07) is 3.32. The van der Waals surface area contributed by atoms with E-state index in [4.69, 9.17) is 9.47 Å². The third-order valence-electron chi connectivity index (χ3n) is 7.79. The standard InChI is InChI=1S/C24H28F5IO7S/c1-11(2)21(35-18-10-13-8-16(18)15-5-3-4-14(13)15)36-19-9-12(6-7-17(19)30)20(31)37-22(23(25,26)27)24(28,29)38(32,33)34/h6-7,9,11,13-16,18,21-22H,3-5,8,10H2,1-2H3,(H,32,33,34)/p-1. The summed E-state index contributed by atoms with van der Waals surface area (Å²) in [6.07, 6.45) is -5.56. The lowest BCUT2D eigenvalue weighted by Gasteiger charge is -2.35. The number of alkyl halides is 5. The van der Waals surface area contributed by atoms with Gasteiger partial charge in [-0.2, -0.15) is 22.0 Å². The summed E-state index contributed by atoms with van der Waals surface area (Å²) in [5.41, 5.74) is -0.606. The predicted octanol–water partition coefficient (Wildman–Crippen LogP) is 5.72. The van der Waals surface area contributed by atoms with Crippen molar-refractivity contribution < 1.29 is 53.9 Å². The highest BCUT2D eigenvalue weighted by Crippen LogP contribution is 2.59. The third-order valence-corrected chi connectivity index (χ3v) is 9.56. The van der Waals surface area contributed by atoms with Crippen molar-refractivity contribution in [3.63, 3.8) is 0 Å². The Bertz CT molecular complexity index is 1160. The highest BCUT2D eigenvalue weighted by atomic mass is 127. The van der Waals surface area contributed by atoms with Crippen LogP contribution < -0.4 is 4.74 Å². The van der Waals surface area contributed by atoms with Crippen molar-refractivity contribution >= 4 is 38.7 Å². The van der Waals surface area contributed by atoms with Crippen LogP contribution in [0, 0.1) is 33.2 Å². The molecular weight excluding hydrogens is 654 g/mol. The molecule has 0 saturated heterocycles. The van der Waals surface area contributed by atoms with Gasteiger partial charge in [0, 0.05) is 5.92 Å². The van der Waals surface area contributed by atoms with Gasteiger partial charge in [0.1, 0.15) is 5.75 Å². The zero-order chi connectivity index (χ0) is 28.2. The van der Waals surface area contributed by atoms with Crippen LogP contribution in [0.1, 0.15) is 56.3 Å². The minimum absolute atomic E-state index is 0.00127. The molecule has 3 aliphatic rings. The van der Waals surface area contributed by atoms with Gasteiger partial charge < -0.3 is 18.8 Å². The van der Waals surface area contributed by atoms with Gasteiger partial charge in [-0.1, -0.05) is 20.3 Å². The van der Waals surface area contributed by atoms with Crippen LogP contribution in [-0.2, 0) is 19.6 Å². The number of esters is 1. The Morgan fingerprint density at radius 1 is 1.08 bits per heavy atom. The van der Waals surface area contributed by atoms with Crippen LogP contribution in [0.5, 0.6) is 5.75 Å². The maximum atomic E-state index is 13.8. The number of hydrogen-bond donors (Lipinski definition) is 0. The average Bonchev–Trinajstić information content (AvgIpc) is 3.50. The molecule has 3 saturated carbocycles. The summed E-state index contributed by atoms with van der Waals surface area (Å²) < 4.78 is 116. The first-order valence-electron chi connectivity index (χ1n) is 12.2. The van der Waals surface area contributed by atoms with E-state index >= 15 is 0 Å². The zero-order valence-electron chi connectivity index (χ0n) is 20.4. The second-order valence-electron chi connectivity index (χ2n) is 10.5. The van der Waals surface area contributed by atoms with Crippen molar-refractivity contribution in [2.45, 2.75) is 75.9 Å². The molecule has 2 bridgehead atoms. The van der Waals surface area contributed by atoms with E-state index in [2.05, 4.69) is 4.74 Å². The first-order chi connectivity index (χ1) is 17.5. The normalized spacial score (nSPS) is 28.8. The summed E-state index contributed by atoms with van der Waals surface area (Å²) in [5, 5.41) is -5.93. The number of benzene rings is 1. The van der Waals surface area contributed by atoms with Crippen LogP contribution in [0.2, 0.25) is 0 Å². The highest BCUT2D eigenvalue weighted by Gasteiger charge is 2.63. The van der Waals surface area contributed by atoms with Gasteiger partial charge in [-0.15, -0.1) is 0 Å². The first kappa shape index (κ1) is 29.7. The molecule has 214 valence electrons. The minimum Gasteiger partial charge on any atom is -0.743 e. The molecule has 1 aromatic carbocycles. The van der Waals surface area contributed by atoms with Crippen LogP contribution in [0.15, 0.2) is 18.2 Å². The van der Waals surface area contributed by atoms with Gasteiger partial charge in [-0.3, -0.25) is 0 Å². The molecule has 1 aromatic rings. The van der Waals surface area contributed by atoms with Gasteiger partial charge in [-0.05, 0) is 90.1 Å². The van der Waals surface area contributed by atoms with Crippen LogP contribution >= 0.6 is 22.6 Å². The monoisotopic (exact) mass is 681 g/mol. The highest BCUT2D eigenvalue weighted by molar-refractivity contribution is 14.1. The summed E-state index contributed by atoms with van der Waals surface area (Å²) >= 11 is 1.87. The molecule has 3 fully saturated rings. The molecule has 0 spiro atoms. The van der Waals surface area contributed by atoms with Crippen LogP contribution in [0.4, 0.5) is 22.0 Å². The molecule has 38 heavy (non-hydrogen) atoms. The van der Waals surface area contributed by atoms with E-state index in [1.165, 1.54) is 25.3 Å². The smallest absolute Gasteiger partial charge is 0.432 e. The van der Waals surface area contributed by atoms with E-state index in [0.717, 1.165) is 30.9 Å². The number of ether oxygens (including phenoxy) is 3. The second-order valence-corrected chi connectivity index (χ2v) is 13.2. The maximum absolute atomic E-state index is 13.8. The van der Waals surface area contributed by atoms with E-state index in [1.54, 1.807) is 0 Å². The lowest BCUT2D eigenvalue weighted by atomic mass is 9.80. The van der Waals surface area contributed by atoms with Crippen molar-refractivity contribution in [1.82, 2.24) is 0 Å². The number of rotatable bonds is 9. The Balaban J connectivity index is 1.50. The zero-order valence-corrected chi connectivity index (χ0v) is 23.4. The summed E-state index contributed by atoms with van der Waals surface area (Å²) in [4.78, 5) is 12.4. The lowest BCUT2D eigenvalue weighted by molar-refractivity contribution is -0.248. The van der Waals surface area contributed by atoms with Crippen molar-refractivity contribution in [2.24, 2.45) is 29.6 Å². The predicted molar refractivity (Wildman–Crippen MR) is 130 cm³/mol. The van der Waals surface area contributed by atoms with Crippen molar-refractivity contribution in [1.29, 1.82) is 0 Å². The average molecular weight is 681 g/mol. The van der Waals surface area contributed by atoms with Gasteiger partial charge in [0.15, 0.2) is 10.1 Å². The molecule has 7 unspecified atom stereocenters. The van der Waals surface area contributed by atoms with Crippen molar-refractivity contribution in [3.05, 3.63) is 27.3 Å². The minimum atomic E-state index is -6.80. The Labute approximate surface area is 230 Å². The van der Waals surface area contributed by atoms with Gasteiger partial charge in [0.2, 0.25) is 6.29 Å². The Kier molecular flexibility index (Phi) is 8.30. The molecule has 7 atom stereocenters. The fourth-order valence-corrected chi connectivity index (χ4v) is 7.04. The van der Waals surface area contributed by atoms with Gasteiger partial charge in [0.25, 0.3) is 6.10 Å². The van der Waals surface area contributed by atoms with Gasteiger partial charge in [-0.25, -0.2) is 13.2 Å². The van der Waals surface area contributed by atoms with Crippen molar-refractivity contribution in [3.8, 4) is 5.75 Å². The molecule has 0 amide bonds. The van der Waals surface area contributed by atoms with Crippen LogP contribution in [0.25, 0.3) is 0 Å². The number of carbonyl (C=O) groups is 1. The molecule has 14 heteroatoms. The maximum Gasteiger partial charge on any atom is 0.432 e. The van der Waals surface area contributed by atoms with E-state index in [1.807, 2.05) is 36.4 Å². The quantitative estimate of drug-likeness (QED) is 0.108. The molecular formula is C24H27F5IO7S-. The molecule has 0 radical (unpaired) electrons. The molecule has 0 aromatic heterocycles. The number of halogens is 6. The summed E-state index contributed by atoms with van der Waals surface area (Å²) in [7, 11) is -6.80. The van der Waals surface area contributed by atoms with Crippen LogP contribution in [0.3, 0.4) is 0 Å². The fraction of sp³-hybridized carbons (Fsp3) is 0.708. The largest absolute Gasteiger partial charge is 0.743 e. The SMILES string of the molecule is CC(C)C(Oc1cc(C(=O)OC(C(F)(F)F)C(F)(F)S(=O)(=O)[O-])ccc1I)OC1CC2CC1C1CCCC21. The molecule has 0 heterocycles. The summed E-state index contributed by atoms with van der Waals surface area (Å²) in [5.74, 6) is 0.466. The van der Waals surface area contributed by atoms with E-state index in [9.17, 15) is 39.7 Å². The molecule has 3 aliphatic carbocycles. The first-order valence-corrected chi connectivity index (χ1v) is 14.7. The fourth-order valence-electron chi connectivity index (χ4n) is 6.13. The van der Waals surface area contributed by atoms with E-state index < -0.39 is 45.5 Å². The summed E-state index contributed by atoms with van der Waals surface area (Å²) in [6.45, 7) is 3.72. The number of carbonyl (C=O) groups excluding carboxylic acids is 1. The van der Waals surface area contributed by atoms with E-state index in [-0.39, 0.29) is 17.8 Å². The lowest BCUT2D eigenvalue weighted by Crippen LogP contribution is -2.52. The third kappa shape index (κ3) is 5.78. The topological polar surface area (TPSA) is 102 Å². The number of hydrogen-bond acceptors (Lipinski definition) is 7. The Hall–Kier alpha value is -1.26. The van der Waals surface area contributed by atoms with E-state index in [0.29, 0.717) is 21.3 Å². The molecule has 0 N–H and O–H groups in total. The van der Waals surface area contributed by atoms with Gasteiger partial charge >= 0.3 is 17.4 Å². The Morgan fingerprint density at radius 2 is 1.74 bits per heavy atom. The second kappa shape index (κ2) is 10.6. The molecule has 4 rings (SSSR count). The Morgan fingerprint density at radius 3 is 2.34 bits per heavy atom. The molecule has 7 nitrogen and oxygen atoms in total.